The molecule has 23 heavy (non-hydrogen) atoms. The first kappa shape index (κ1) is 18.8. The van der Waals surface area contributed by atoms with Gasteiger partial charge in [0.2, 0.25) is 0 Å². The number of amides is 2. The van der Waals surface area contributed by atoms with Crippen LogP contribution in [0.3, 0.4) is 0 Å². The fraction of sp³-hybridized carbons (Fsp3) is 0.529. The zero-order valence-corrected chi connectivity index (χ0v) is 13.8. The molecule has 1 rings (SSSR count). The molecule has 2 amide bonds. The summed E-state index contributed by atoms with van der Waals surface area (Å²) in [6.07, 6.45) is 4.41. The number of allylic oxidation sites excluding steroid dienone is 4. The second-order valence-corrected chi connectivity index (χ2v) is 6.06. The Bertz CT molecular complexity index is 563. The number of nitrogens with one attached hydrogen (secondary N) is 2. The molecular weight excluding hydrogens is 299 g/mol. The van der Waals surface area contributed by atoms with Gasteiger partial charge in [-0.2, -0.15) is 0 Å². The number of carbonyl (C=O) groups excluding carboxylic acids is 2. The van der Waals surface area contributed by atoms with Crippen LogP contribution in [0.1, 0.15) is 40.0 Å². The van der Waals surface area contributed by atoms with Crippen molar-refractivity contribution < 1.29 is 18.7 Å². The van der Waals surface area contributed by atoms with Crippen molar-refractivity contribution in [3.63, 3.8) is 0 Å². The van der Waals surface area contributed by atoms with Crippen LogP contribution in [0.5, 0.6) is 0 Å². The highest BCUT2D eigenvalue weighted by Gasteiger charge is 2.15. The zero-order chi connectivity index (χ0) is 17.3. The third-order valence-electron chi connectivity index (χ3n) is 2.75. The fourth-order valence-electron chi connectivity index (χ4n) is 1.73. The molecule has 1 aliphatic carbocycles. The smallest absolute Gasteiger partial charge is 0.407 e. The Hall–Kier alpha value is -2.29. The molecule has 0 heterocycles. The van der Waals surface area contributed by atoms with Crippen molar-refractivity contribution in [2.24, 2.45) is 0 Å². The minimum atomic E-state index is -0.536. The quantitative estimate of drug-likeness (QED) is 0.617. The maximum Gasteiger partial charge on any atom is 0.407 e. The van der Waals surface area contributed by atoms with Gasteiger partial charge >= 0.3 is 6.09 Å². The highest BCUT2D eigenvalue weighted by atomic mass is 19.1. The molecule has 0 saturated carbocycles. The molecule has 0 aromatic carbocycles. The lowest BCUT2D eigenvalue weighted by atomic mass is 10.0. The summed E-state index contributed by atoms with van der Waals surface area (Å²) in [5.74, 6) is 4.09. The van der Waals surface area contributed by atoms with Gasteiger partial charge in [0.05, 0.1) is 0 Å². The van der Waals surface area contributed by atoms with E-state index in [1.165, 1.54) is 6.08 Å². The summed E-state index contributed by atoms with van der Waals surface area (Å²) in [7, 11) is 0. The Morgan fingerprint density at radius 3 is 2.65 bits per heavy atom. The van der Waals surface area contributed by atoms with Crippen molar-refractivity contribution in [2.75, 3.05) is 13.1 Å². The lowest BCUT2D eigenvalue weighted by Crippen LogP contribution is -2.34. The zero-order valence-electron chi connectivity index (χ0n) is 13.8. The predicted molar refractivity (Wildman–Crippen MR) is 86.1 cm³/mol. The van der Waals surface area contributed by atoms with E-state index in [-0.39, 0.29) is 5.83 Å². The van der Waals surface area contributed by atoms with Gasteiger partial charge in [0.1, 0.15) is 11.4 Å². The average molecular weight is 322 g/mol. The number of hydrogen-bond acceptors (Lipinski definition) is 3. The molecule has 0 unspecified atom stereocenters. The molecule has 0 spiro atoms. The number of rotatable bonds is 4. The maximum absolute atomic E-state index is 13.4. The van der Waals surface area contributed by atoms with Crippen molar-refractivity contribution in [2.45, 2.75) is 45.6 Å². The molecule has 2 N–H and O–H groups in total. The molecule has 0 aromatic rings. The van der Waals surface area contributed by atoms with Crippen LogP contribution in [0.15, 0.2) is 23.6 Å². The first-order valence-electron chi connectivity index (χ1n) is 7.60. The lowest BCUT2D eigenvalue weighted by molar-refractivity contribution is -0.115. The first-order chi connectivity index (χ1) is 10.8. The minimum absolute atomic E-state index is 0.356. The van der Waals surface area contributed by atoms with E-state index in [4.69, 9.17) is 4.74 Å². The molecule has 0 aromatic heterocycles. The van der Waals surface area contributed by atoms with Crippen LogP contribution in [0.4, 0.5) is 9.18 Å². The van der Waals surface area contributed by atoms with E-state index in [2.05, 4.69) is 22.5 Å². The molecule has 5 nitrogen and oxygen atoms in total. The van der Waals surface area contributed by atoms with E-state index < -0.39 is 17.6 Å². The summed E-state index contributed by atoms with van der Waals surface area (Å²) in [5, 5.41) is 5.18. The van der Waals surface area contributed by atoms with E-state index in [1.54, 1.807) is 26.8 Å². The van der Waals surface area contributed by atoms with E-state index in [0.717, 1.165) is 6.42 Å². The summed E-state index contributed by atoms with van der Waals surface area (Å²) in [6, 6.07) is 0. The number of carbonyl (C=O) groups is 2. The van der Waals surface area contributed by atoms with Gasteiger partial charge in [-0.3, -0.25) is 4.79 Å². The van der Waals surface area contributed by atoms with Gasteiger partial charge in [-0.05, 0) is 52.0 Å². The summed E-state index contributed by atoms with van der Waals surface area (Å²) >= 11 is 0. The Balaban J connectivity index is 2.21. The Morgan fingerprint density at radius 2 is 2.00 bits per heavy atom. The van der Waals surface area contributed by atoms with Crippen molar-refractivity contribution in [3.05, 3.63) is 23.6 Å². The van der Waals surface area contributed by atoms with E-state index >= 15 is 0 Å². The van der Waals surface area contributed by atoms with Crippen LogP contribution >= 0.6 is 0 Å². The van der Waals surface area contributed by atoms with Crippen molar-refractivity contribution >= 4 is 12.0 Å². The minimum Gasteiger partial charge on any atom is -0.444 e. The molecule has 0 aliphatic heterocycles. The third-order valence-corrected chi connectivity index (χ3v) is 2.75. The number of alkyl carbamates (subject to hydrolysis) is 1. The molecule has 0 atom stereocenters. The molecule has 0 radical (unpaired) electrons. The standard InChI is InChI=1S/C17H23FN2O3/c1-17(2,3)23-16(22)20-12-6-11-19-15(21)10-9-13-7-4-5-8-14(13)18/h5,8H,4,6-7,11-12H2,1-3H3,(H,19,21)(H,20,22). The molecule has 0 saturated heterocycles. The number of halogens is 1. The van der Waals surface area contributed by atoms with Gasteiger partial charge in [-0.25, -0.2) is 9.18 Å². The van der Waals surface area contributed by atoms with Crippen LogP contribution in [0.2, 0.25) is 0 Å². The van der Waals surface area contributed by atoms with Crippen LogP contribution in [-0.4, -0.2) is 30.7 Å². The molecule has 0 bridgehead atoms. The molecule has 6 heteroatoms. The predicted octanol–water partition coefficient (Wildman–Crippen LogP) is 2.59. The maximum atomic E-state index is 13.4. The number of hydrogen-bond donors (Lipinski definition) is 2. The Labute approximate surface area is 136 Å². The van der Waals surface area contributed by atoms with E-state index in [1.807, 2.05) is 0 Å². The summed E-state index contributed by atoms with van der Waals surface area (Å²) in [6.45, 7) is 6.10. The van der Waals surface area contributed by atoms with Gasteiger partial charge in [-0.1, -0.05) is 12.0 Å². The normalized spacial score (nSPS) is 13.9. The van der Waals surface area contributed by atoms with Crippen molar-refractivity contribution in [3.8, 4) is 11.8 Å². The van der Waals surface area contributed by atoms with Crippen LogP contribution < -0.4 is 10.6 Å². The second kappa shape index (κ2) is 8.99. The van der Waals surface area contributed by atoms with Gasteiger partial charge in [-0.15, -0.1) is 0 Å². The Morgan fingerprint density at radius 1 is 1.30 bits per heavy atom. The molecule has 126 valence electrons. The van der Waals surface area contributed by atoms with Crippen molar-refractivity contribution in [1.82, 2.24) is 10.6 Å². The summed E-state index contributed by atoms with van der Waals surface area (Å²) < 4.78 is 18.4. The largest absolute Gasteiger partial charge is 0.444 e. The summed E-state index contributed by atoms with van der Waals surface area (Å²) in [4.78, 5) is 22.9. The van der Waals surface area contributed by atoms with Gasteiger partial charge < -0.3 is 15.4 Å². The fourth-order valence-corrected chi connectivity index (χ4v) is 1.73. The summed E-state index contributed by atoms with van der Waals surface area (Å²) in [5.41, 5.74) is -0.180. The first-order valence-corrected chi connectivity index (χ1v) is 7.60. The SMILES string of the molecule is CC(C)(C)OC(=O)NCCCNC(=O)C#CC1=C(F)C=CCC1. The topological polar surface area (TPSA) is 67.4 Å². The van der Waals surface area contributed by atoms with E-state index in [0.29, 0.717) is 31.5 Å². The molecule has 1 aliphatic rings. The third kappa shape index (κ3) is 8.67. The lowest BCUT2D eigenvalue weighted by Gasteiger charge is -2.19. The average Bonchev–Trinajstić information content (AvgIpc) is 2.44. The van der Waals surface area contributed by atoms with Gasteiger partial charge in [0.25, 0.3) is 5.91 Å². The van der Waals surface area contributed by atoms with Gasteiger partial charge in [0.15, 0.2) is 0 Å². The second-order valence-electron chi connectivity index (χ2n) is 6.06. The van der Waals surface area contributed by atoms with Crippen LogP contribution in [-0.2, 0) is 9.53 Å². The molecular formula is C17H23FN2O3. The number of ether oxygens (including phenoxy) is 1. The molecule has 0 fully saturated rings. The van der Waals surface area contributed by atoms with Crippen LogP contribution in [0, 0.1) is 11.8 Å². The van der Waals surface area contributed by atoms with Gasteiger partial charge in [0, 0.05) is 18.7 Å². The highest BCUT2D eigenvalue weighted by molar-refractivity contribution is 5.94. The van der Waals surface area contributed by atoms with Crippen molar-refractivity contribution in [1.29, 1.82) is 0 Å². The van der Waals surface area contributed by atoms with Crippen LogP contribution in [0.25, 0.3) is 0 Å². The highest BCUT2D eigenvalue weighted by Crippen LogP contribution is 2.18. The monoisotopic (exact) mass is 322 g/mol. The van der Waals surface area contributed by atoms with E-state index in [9.17, 15) is 14.0 Å². The Kier molecular flexibility index (Phi) is 7.33.